The van der Waals surface area contributed by atoms with E-state index >= 15 is 0 Å². The van der Waals surface area contributed by atoms with Gasteiger partial charge >= 0.3 is 0 Å². The van der Waals surface area contributed by atoms with E-state index in [1.54, 1.807) is 12.4 Å². The third-order valence-electron chi connectivity index (χ3n) is 3.01. The van der Waals surface area contributed by atoms with Crippen molar-refractivity contribution in [3.05, 3.63) is 60.6 Å². The molecule has 0 atom stereocenters. The molecule has 0 amide bonds. The number of nitrogens with zero attached hydrogens (tertiary/aromatic N) is 2. The summed E-state index contributed by atoms with van der Waals surface area (Å²) in [5, 5.41) is 4.43. The molecular formula is C15H14N4. The van der Waals surface area contributed by atoms with Crippen molar-refractivity contribution in [3.63, 3.8) is 0 Å². The van der Waals surface area contributed by atoms with Crippen LogP contribution in [0.4, 0.5) is 11.4 Å². The van der Waals surface area contributed by atoms with Gasteiger partial charge in [0, 0.05) is 36.2 Å². The molecule has 2 heterocycles. The number of hydrogen-bond acceptors (Lipinski definition) is 4. The van der Waals surface area contributed by atoms with E-state index < -0.39 is 0 Å². The molecule has 19 heavy (non-hydrogen) atoms. The van der Waals surface area contributed by atoms with Crippen LogP contribution in [0.1, 0.15) is 5.56 Å². The van der Waals surface area contributed by atoms with Crippen molar-refractivity contribution < 1.29 is 0 Å². The third kappa shape index (κ3) is 2.33. The number of nitrogens with one attached hydrogen (secondary N) is 1. The maximum Gasteiger partial charge on any atom is 0.0951 e. The number of fused-ring (bicyclic) bond motifs is 1. The van der Waals surface area contributed by atoms with Gasteiger partial charge in [-0.1, -0.05) is 6.07 Å². The van der Waals surface area contributed by atoms with Gasteiger partial charge < -0.3 is 11.1 Å². The summed E-state index contributed by atoms with van der Waals surface area (Å²) < 4.78 is 0. The fraction of sp³-hybridized carbons (Fsp3) is 0.0667. The number of hydrogen-bond donors (Lipinski definition) is 2. The molecule has 1 aromatic carbocycles. The van der Waals surface area contributed by atoms with Gasteiger partial charge in [0.1, 0.15) is 0 Å². The lowest BCUT2D eigenvalue weighted by molar-refractivity contribution is 1.12. The highest BCUT2D eigenvalue weighted by molar-refractivity contribution is 5.98. The SMILES string of the molecule is Nc1ccc(NCc2cccnc2)c2cccnc12. The van der Waals surface area contributed by atoms with E-state index in [1.807, 2.05) is 42.6 Å². The predicted molar refractivity (Wildman–Crippen MR) is 77.7 cm³/mol. The average molecular weight is 250 g/mol. The van der Waals surface area contributed by atoms with Gasteiger partial charge in [-0.15, -0.1) is 0 Å². The number of rotatable bonds is 3. The molecule has 0 saturated carbocycles. The van der Waals surface area contributed by atoms with Crippen molar-refractivity contribution in [2.75, 3.05) is 11.1 Å². The second-order valence-electron chi connectivity index (χ2n) is 4.32. The largest absolute Gasteiger partial charge is 0.397 e. The van der Waals surface area contributed by atoms with Crippen LogP contribution in [-0.4, -0.2) is 9.97 Å². The molecule has 0 aliphatic heterocycles. The topological polar surface area (TPSA) is 63.8 Å². The van der Waals surface area contributed by atoms with Gasteiger partial charge in [-0.25, -0.2) is 0 Å². The van der Waals surface area contributed by atoms with E-state index in [-0.39, 0.29) is 0 Å². The standard InChI is InChI=1S/C15H14N4/c16-13-5-6-14(12-4-2-8-18-15(12)13)19-10-11-3-1-7-17-9-11/h1-9,19H,10,16H2. The summed E-state index contributed by atoms with van der Waals surface area (Å²) >= 11 is 0. The first-order valence-electron chi connectivity index (χ1n) is 6.10. The number of nitrogen functional groups attached to an aromatic ring is 1. The van der Waals surface area contributed by atoms with Crippen molar-refractivity contribution in [1.82, 2.24) is 9.97 Å². The highest BCUT2D eigenvalue weighted by Gasteiger charge is 2.04. The molecule has 2 aromatic heterocycles. The first-order valence-corrected chi connectivity index (χ1v) is 6.10. The zero-order valence-electron chi connectivity index (χ0n) is 10.4. The fourth-order valence-corrected chi connectivity index (χ4v) is 2.05. The van der Waals surface area contributed by atoms with Crippen LogP contribution in [0.3, 0.4) is 0 Å². The van der Waals surface area contributed by atoms with Crippen molar-refractivity contribution in [2.24, 2.45) is 0 Å². The molecule has 94 valence electrons. The summed E-state index contributed by atoms with van der Waals surface area (Å²) in [7, 11) is 0. The maximum absolute atomic E-state index is 5.93. The van der Waals surface area contributed by atoms with E-state index in [9.17, 15) is 0 Å². The van der Waals surface area contributed by atoms with E-state index in [2.05, 4.69) is 15.3 Å². The Bertz CT molecular complexity index is 695. The zero-order chi connectivity index (χ0) is 13.1. The normalized spacial score (nSPS) is 10.5. The molecule has 0 aliphatic rings. The number of nitrogens with two attached hydrogens (primary N) is 1. The Balaban J connectivity index is 1.91. The minimum Gasteiger partial charge on any atom is -0.397 e. The summed E-state index contributed by atoms with van der Waals surface area (Å²) in [6.07, 6.45) is 5.38. The van der Waals surface area contributed by atoms with Gasteiger partial charge in [0.15, 0.2) is 0 Å². The summed E-state index contributed by atoms with van der Waals surface area (Å²) in [5.41, 5.74) is 9.63. The molecule has 0 bridgehead atoms. The number of benzene rings is 1. The highest BCUT2D eigenvalue weighted by Crippen LogP contribution is 2.26. The summed E-state index contributed by atoms with van der Waals surface area (Å²) in [5.74, 6) is 0. The van der Waals surface area contributed by atoms with Crippen LogP contribution in [-0.2, 0) is 6.54 Å². The van der Waals surface area contributed by atoms with Crippen molar-refractivity contribution in [2.45, 2.75) is 6.54 Å². The minimum atomic E-state index is 0.697. The molecule has 0 saturated heterocycles. The van der Waals surface area contributed by atoms with E-state index in [0.29, 0.717) is 5.69 Å². The Kier molecular flexibility index (Phi) is 2.98. The van der Waals surface area contributed by atoms with Crippen LogP contribution in [0.15, 0.2) is 55.0 Å². The number of pyridine rings is 2. The van der Waals surface area contributed by atoms with Crippen LogP contribution in [0.25, 0.3) is 10.9 Å². The van der Waals surface area contributed by atoms with Crippen molar-refractivity contribution in [3.8, 4) is 0 Å². The Morgan fingerprint density at radius 2 is 1.95 bits per heavy atom. The molecule has 3 rings (SSSR count). The Labute approximate surface area is 111 Å². The molecular weight excluding hydrogens is 236 g/mol. The first-order chi connectivity index (χ1) is 9.34. The Morgan fingerprint density at radius 1 is 1.05 bits per heavy atom. The van der Waals surface area contributed by atoms with Crippen LogP contribution in [0.2, 0.25) is 0 Å². The first kappa shape index (κ1) is 11.5. The van der Waals surface area contributed by atoms with E-state index in [4.69, 9.17) is 5.73 Å². The smallest absolute Gasteiger partial charge is 0.0951 e. The van der Waals surface area contributed by atoms with E-state index in [1.165, 1.54) is 0 Å². The van der Waals surface area contributed by atoms with Crippen LogP contribution < -0.4 is 11.1 Å². The number of aromatic nitrogens is 2. The molecule has 0 spiro atoms. The molecule has 4 nitrogen and oxygen atoms in total. The van der Waals surface area contributed by atoms with Crippen molar-refractivity contribution >= 4 is 22.3 Å². The van der Waals surface area contributed by atoms with Crippen molar-refractivity contribution in [1.29, 1.82) is 0 Å². The predicted octanol–water partition coefficient (Wildman–Crippen LogP) is 2.82. The quantitative estimate of drug-likeness (QED) is 0.702. The zero-order valence-corrected chi connectivity index (χ0v) is 10.4. The molecule has 0 unspecified atom stereocenters. The molecule has 4 heteroatoms. The Hall–Kier alpha value is -2.62. The highest BCUT2D eigenvalue weighted by atomic mass is 14.9. The lowest BCUT2D eigenvalue weighted by Crippen LogP contribution is -2.01. The lowest BCUT2D eigenvalue weighted by Gasteiger charge is -2.10. The maximum atomic E-state index is 5.93. The summed E-state index contributed by atoms with van der Waals surface area (Å²) in [4.78, 5) is 8.42. The monoisotopic (exact) mass is 250 g/mol. The Morgan fingerprint density at radius 3 is 2.79 bits per heavy atom. The van der Waals surface area contributed by atoms with Gasteiger partial charge in [0.25, 0.3) is 0 Å². The molecule has 3 N–H and O–H groups in total. The number of anilines is 2. The van der Waals surface area contributed by atoms with Gasteiger partial charge in [0.05, 0.1) is 11.2 Å². The average Bonchev–Trinajstić information content (AvgIpc) is 2.48. The van der Waals surface area contributed by atoms with Crippen LogP contribution in [0.5, 0.6) is 0 Å². The molecule has 0 fully saturated rings. The second-order valence-corrected chi connectivity index (χ2v) is 4.32. The van der Waals surface area contributed by atoms with Gasteiger partial charge in [-0.05, 0) is 35.9 Å². The van der Waals surface area contributed by atoms with Gasteiger partial charge in [0.2, 0.25) is 0 Å². The van der Waals surface area contributed by atoms with Crippen LogP contribution in [0, 0.1) is 0 Å². The summed E-state index contributed by atoms with van der Waals surface area (Å²) in [6.45, 7) is 0.724. The fourth-order valence-electron chi connectivity index (χ4n) is 2.05. The van der Waals surface area contributed by atoms with Gasteiger partial charge in [-0.2, -0.15) is 0 Å². The second kappa shape index (κ2) is 4.94. The summed E-state index contributed by atoms with van der Waals surface area (Å²) in [6, 6.07) is 11.8. The lowest BCUT2D eigenvalue weighted by atomic mass is 10.1. The third-order valence-corrected chi connectivity index (χ3v) is 3.01. The van der Waals surface area contributed by atoms with Gasteiger partial charge in [-0.3, -0.25) is 9.97 Å². The minimum absolute atomic E-state index is 0.697. The van der Waals surface area contributed by atoms with E-state index in [0.717, 1.165) is 28.7 Å². The molecule has 3 aromatic rings. The molecule has 0 radical (unpaired) electrons. The van der Waals surface area contributed by atoms with Crippen LogP contribution >= 0.6 is 0 Å². The molecule has 0 aliphatic carbocycles.